The molecule has 2 aliphatic rings. The molecule has 4 nitrogen and oxygen atoms in total. The third-order valence-electron chi connectivity index (χ3n) is 7.19. The summed E-state index contributed by atoms with van der Waals surface area (Å²) in [5, 5.41) is 3.09. The number of likely N-dealkylation sites (tertiary alicyclic amines) is 1. The predicted octanol–water partition coefficient (Wildman–Crippen LogP) is 4.83. The van der Waals surface area contributed by atoms with Crippen molar-refractivity contribution in [1.29, 1.82) is 0 Å². The first-order chi connectivity index (χ1) is 15.1. The summed E-state index contributed by atoms with van der Waals surface area (Å²) < 4.78 is 0. The number of nitrogens with zero attached hydrogens (tertiary/aromatic N) is 1. The van der Waals surface area contributed by atoms with Gasteiger partial charge in [0.2, 0.25) is 11.8 Å². The van der Waals surface area contributed by atoms with Crippen LogP contribution in [0.4, 0.5) is 0 Å². The number of carbonyl (C=O) groups is 2. The van der Waals surface area contributed by atoms with Gasteiger partial charge in [-0.15, -0.1) is 0 Å². The molecule has 1 saturated heterocycles. The van der Waals surface area contributed by atoms with Gasteiger partial charge in [0, 0.05) is 25.6 Å². The van der Waals surface area contributed by atoms with E-state index in [1.165, 1.54) is 29.5 Å². The Kier molecular flexibility index (Phi) is 6.74. The highest BCUT2D eigenvalue weighted by Crippen LogP contribution is 2.39. The monoisotopic (exact) mass is 418 g/mol. The van der Waals surface area contributed by atoms with Crippen molar-refractivity contribution < 1.29 is 9.59 Å². The van der Waals surface area contributed by atoms with E-state index in [-0.39, 0.29) is 11.8 Å². The second kappa shape index (κ2) is 9.67. The molecule has 2 amide bonds. The highest BCUT2D eigenvalue weighted by atomic mass is 16.2. The van der Waals surface area contributed by atoms with Crippen LogP contribution in [-0.2, 0) is 16.0 Å². The van der Waals surface area contributed by atoms with Crippen LogP contribution < -0.4 is 5.32 Å². The molecule has 2 fully saturated rings. The lowest BCUT2D eigenvalue weighted by Gasteiger charge is -2.41. The highest BCUT2D eigenvalue weighted by Gasteiger charge is 2.43. The van der Waals surface area contributed by atoms with Crippen LogP contribution in [0, 0.1) is 11.3 Å². The van der Waals surface area contributed by atoms with Crippen molar-refractivity contribution in [2.45, 2.75) is 51.9 Å². The van der Waals surface area contributed by atoms with E-state index in [9.17, 15) is 9.59 Å². The quantitative estimate of drug-likeness (QED) is 0.730. The van der Waals surface area contributed by atoms with E-state index in [0.717, 1.165) is 25.7 Å². The van der Waals surface area contributed by atoms with Crippen molar-refractivity contribution in [3.8, 4) is 11.1 Å². The maximum absolute atomic E-state index is 13.3. The lowest BCUT2D eigenvalue weighted by atomic mass is 9.71. The number of piperidine rings is 1. The SMILES string of the molecule is CCNC(=O)C1(Cc2ccccc2-c2ccccc2)CCN(C(=O)C2CCCC2)CC1. The average molecular weight is 419 g/mol. The van der Waals surface area contributed by atoms with Gasteiger partial charge in [-0.3, -0.25) is 9.59 Å². The predicted molar refractivity (Wildman–Crippen MR) is 124 cm³/mol. The molecule has 1 N–H and O–H groups in total. The van der Waals surface area contributed by atoms with Crippen molar-refractivity contribution in [3.63, 3.8) is 0 Å². The smallest absolute Gasteiger partial charge is 0.226 e. The van der Waals surface area contributed by atoms with Gasteiger partial charge < -0.3 is 10.2 Å². The Balaban J connectivity index is 1.56. The first-order valence-electron chi connectivity index (χ1n) is 11.8. The molecule has 1 heterocycles. The number of carbonyl (C=O) groups excluding carboxylic acids is 2. The summed E-state index contributed by atoms with van der Waals surface area (Å²) in [6.45, 7) is 3.97. The molecule has 164 valence electrons. The van der Waals surface area contributed by atoms with Crippen LogP contribution in [0.2, 0.25) is 0 Å². The van der Waals surface area contributed by atoms with Crippen LogP contribution in [0.25, 0.3) is 11.1 Å². The molecule has 0 unspecified atom stereocenters. The van der Waals surface area contributed by atoms with E-state index in [1.807, 2.05) is 17.9 Å². The molecule has 4 heteroatoms. The molecular formula is C27H34N2O2. The standard InChI is InChI=1S/C27H34N2O2/c1-2-28-26(31)27(16-18-29(19-17-27)25(30)22-12-6-7-13-22)20-23-14-8-9-15-24(23)21-10-4-3-5-11-21/h3-5,8-11,14-15,22H,2,6-7,12-13,16-20H2,1H3,(H,28,31). The first-order valence-corrected chi connectivity index (χ1v) is 11.8. The van der Waals surface area contributed by atoms with Gasteiger partial charge in [0.15, 0.2) is 0 Å². The van der Waals surface area contributed by atoms with Gasteiger partial charge in [-0.25, -0.2) is 0 Å². The number of nitrogens with one attached hydrogen (secondary N) is 1. The molecule has 0 spiro atoms. The molecule has 0 atom stereocenters. The normalized spacial score (nSPS) is 18.7. The van der Waals surface area contributed by atoms with Gasteiger partial charge in [0.05, 0.1) is 5.41 Å². The molecule has 0 aromatic heterocycles. The minimum atomic E-state index is -0.465. The zero-order chi connectivity index (χ0) is 21.7. The molecular weight excluding hydrogens is 384 g/mol. The van der Waals surface area contributed by atoms with E-state index in [4.69, 9.17) is 0 Å². The Bertz CT molecular complexity index is 894. The van der Waals surface area contributed by atoms with Crippen molar-refractivity contribution in [2.75, 3.05) is 19.6 Å². The zero-order valence-electron chi connectivity index (χ0n) is 18.6. The number of amides is 2. The van der Waals surface area contributed by atoms with Gasteiger partial charge in [0.1, 0.15) is 0 Å². The molecule has 0 bridgehead atoms. The van der Waals surface area contributed by atoms with E-state index >= 15 is 0 Å². The van der Waals surface area contributed by atoms with Gasteiger partial charge >= 0.3 is 0 Å². The fourth-order valence-electron chi connectivity index (χ4n) is 5.36. The van der Waals surface area contributed by atoms with Crippen LogP contribution in [0.3, 0.4) is 0 Å². The summed E-state index contributed by atoms with van der Waals surface area (Å²) in [5.41, 5.74) is 3.11. The number of rotatable bonds is 6. The van der Waals surface area contributed by atoms with Gasteiger partial charge in [-0.05, 0) is 55.7 Å². The van der Waals surface area contributed by atoms with Crippen LogP contribution in [0.5, 0.6) is 0 Å². The van der Waals surface area contributed by atoms with Gasteiger partial charge in [-0.1, -0.05) is 67.4 Å². The minimum absolute atomic E-state index is 0.130. The summed E-state index contributed by atoms with van der Waals surface area (Å²) in [6, 6.07) is 18.8. The van der Waals surface area contributed by atoms with E-state index in [1.54, 1.807) is 0 Å². The fraction of sp³-hybridized carbons (Fsp3) is 0.481. The molecule has 0 radical (unpaired) electrons. The van der Waals surface area contributed by atoms with Crippen molar-refractivity contribution >= 4 is 11.8 Å². The lowest BCUT2D eigenvalue weighted by molar-refractivity contribution is -0.143. The second-order valence-electron chi connectivity index (χ2n) is 9.15. The molecule has 2 aromatic rings. The van der Waals surface area contributed by atoms with Crippen LogP contribution >= 0.6 is 0 Å². The Morgan fingerprint density at radius 3 is 2.29 bits per heavy atom. The van der Waals surface area contributed by atoms with Crippen LogP contribution in [0.1, 0.15) is 51.0 Å². The lowest BCUT2D eigenvalue weighted by Crippen LogP contribution is -2.52. The summed E-state index contributed by atoms with van der Waals surface area (Å²) in [4.78, 5) is 28.2. The average Bonchev–Trinajstić information content (AvgIpc) is 3.35. The maximum Gasteiger partial charge on any atom is 0.226 e. The third-order valence-corrected chi connectivity index (χ3v) is 7.19. The Morgan fingerprint density at radius 1 is 0.968 bits per heavy atom. The summed E-state index contributed by atoms with van der Waals surface area (Å²) in [7, 11) is 0. The third kappa shape index (κ3) is 4.68. The van der Waals surface area contributed by atoms with E-state index in [2.05, 4.69) is 53.8 Å². The van der Waals surface area contributed by atoms with Crippen LogP contribution in [-0.4, -0.2) is 36.3 Å². The van der Waals surface area contributed by atoms with Crippen molar-refractivity contribution in [1.82, 2.24) is 10.2 Å². The van der Waals surface area contributed by atoms with Gasteiger partial charge in [-0.2, -0.15) is 0 Å². The zero-order valence-corrected chi connectivity index (χ0v) is 18.6. The fourth-order valence-corrected chi connectivity index (χ4v) is 5.36. The largest absolute Gasteiger partial charge is 0.356 e. The number of benzene rings is 2. The van der Waals surface area contributed by atoms with Gasteiger partial charge in [0.25, 0.3) is 0 Å². The summed E-state index contributed by atoms with van der Waals surface area (Å²) in [6.07, 6.45) is 6.55. The Morgan fingerprint density at radius 2 is 1.61 bits per heavy atom. The minimum Gasteiger partial charge on any atom is -0.356 e. The summed E-state index contributed by atoms with van der Waals surface area (Å²) in [5.74, 6) is 0.647. The van der Waals surface area contributed by atoms with E-state index in [0.29, 0.717) is 32.0 Å². The first kappa shape index (κ1) is 21.6. The van der Waals surface area contributed by atoms with E-state index < -0.39 is 5.41 Å². The Hall–Kier alpha value is -2.62. The molecule has 1 aliphatic heterocycles. The molecule has 1 aliphatic carbocycles. The molecule has 4 rings (SSSR count). The molecule has 31 heavy (non-hydrogen) atoms. The number of hydrogen-bond donors (Lipinski definition) is 1. The highest BCUT2D eigenvalue weighted by molar-refractivity contribution is 5.85. The van der Waals surface area contributed by atoms with Crippen molar-refractivity contribution in [2.24, 2.45) is 11.3 Å². The Labute approximate surface area is 186 Å². The second-order valence-corrected chi connectivity index (χ2v) is 9.15. The van der Waals surface area contributed by atoms with Crippen LogP contribution in [0.15, 0.2) is 54.6 Å². The molecule has 2 aromatic carbocycles. The van der Waals surface area contributed by atoms with Crippen molar-refractivity contribution in [3.05, 3.63) is 60.2 Å². The maximum atomic E-state index is 13.3. The molecule has 1 saturated carbocycles. The topological polar surface area (TPSA) is 49.4 Å². The summed E-state index contributed by atoms with van der Waals surface area (Å²) >= 11 is 0. The number of hydrogen-bond acceptors (Lipinski definition) is 2.